The summed E-state index contributed by atoms with van der Waals surface area (Å²) >= 11 is 5.84. The van der Waals surface area contributed by atoms with Gasteiger partial charge < -0.3 is 11.1 Å². The number of amides is 1. The van der Waals surface area contributed by atoms with Crippen LogP contribution < -0.4 is 11.1 Å². The van der Waals surface area contributed by atoms with Gasteiger partial charge in [-0.05, 0) is 37.5 Å². The highest BCUT2D eigenvalue weighted by molar-refractivity contribution is 6.33. The van der Waals surface area contributed by atoms with Crippen molar-refractivity contribution in [2.24, 2.45) is 11.7 Å². The Hall–Kier alpha value is -1.43. The summed E-state index contributed by atoms with van der Waals surface area (Å²) in [6.07, 6.45) is -2.75. The summed E-state index contributed by atoms with van der Waals surface area (Å²) in [6, 6.07) is 4.34. The van der Waals surface area contributed by atoms with Crippen molar-refractivity contribution in [1.29, 1.82) is 0 Å². The summed E-state index contributed by atoms with van der Waals surface area (Å²) in [5.74, 6) is -1.94. The number of anilines is 1. The quantitative estimate of drug-likeness (QED) is 0.885. The number of hydrogen-bond acceptors (Lipinski definition) is 2. The number of alkyl halides is 3. The molecule has 1 saturated carbocycles. The molecule has 3 N–H and O–H groups in total. The molecule has 7 heteroatoms. The Balaban J connectivity index is 2.08. The van der Waals surface area contributed by atoms with Crippen molar-refractivity contribution < 1.29 is 18.0 Å². The molecule has 2 rings (SSSR count). The van der Waals surface area contributed by atoms with E-state index in [1.54, 1.807) is 6.07 Å². The van der Waals surface area contributed by atoms with Crippen LogP contribution in [0.2, 0.25) is 5.02 Å². The van der Waals surface area contributed by atoms with Gasteiger partial charge in [0.1, 0.15) is 0 Å². The van der Waals surface area contributed by atoms with Crippen molar-refractivity contribution in [2.45, 2.75) is 37.9 Å². The molecular formula is C14H16ClF3N2O. The van der Waals surface area contributed by atoms with Crippen molar-refractivity contribution in [3.8, 4) is 0 Å². The van der Waals surface area contributed by atoms with E-state index in [1.165, 1.54) is 12.1 Å². The molecule has 0 aliphatic heterocycles. The number of rotatable bonds is 3. The number of nitrogens with one attached hydrogen (secondary N) is 1. The minimum atomic E-state index is -4.15. The average molecular weight is 321 g/mol. The van der Waals surface area contributed by atoms with Gasteiger partial charge in [-0.15, -0.1) is 0 Å². The number of benzene rings is 1. The van der Waals surface area contributed by atoms with Crippen LogP contribution in [0.4, 0.5) is 18.9 Å². The summed E-state index contributed by atoms with van der Waals surface area (Å²) in [4.78, 5) is 11.2. The zero-order chi connectivity index (χ0) is 15.6. The largest absolute Gasteiger partial charge is 0.391 e. The molecule has 3 nitrogen and oxygen atoms in total. The minimum absolute atomic E-state index is 0.0397. The number of nitrogens with two attached hydrogens (primary N) is 1. The standard InChI is InChI=1S/C14H16ClF3N2O/c15-12-5-4-10(7-11(12)13(19)21)20-9-3-1-2-8(6-9)14(16,17)18/h4-5,7-9,20H,1-3,6H2,(H2,19,21). The van der Waals surface area contributed by atoms with Gasteiger partial charge in [0.25, 0.3) is 0 Å². The molecule has 0 heterocycles. The van der Waals surface area contributed by atoms with Gasteiger partial charge in [-0.3, -0.25) is 4.79 Å². The Kier molecular flexibility index (Phi) is 4.66. The number of carbonyl (C=O) groups excluding carboxylic acids is 1. The smallest absolute Gasteiger partial charge is 0.382 e. The first-order valence-electron chi connectivity index (χ1n) is 6.70. The highest BCUT2D eigenvalue weighted by atomic mass is 35.5. The van der Waals surface area contributed by atoms with Gasteiger partial charge in [0, 0.05) is 11.7 Å². The maximum atomic E-state index is 12.8. The third-order valence-electron chi connectivity index (χ3n) is 3.74. The van der Waals surface area contributed by atoms with Crippen LogP contribution in [0.3, 0.4) is 0 Å². The first-order chi connectivity index (χ1) is 9.77. The topological polar surface area (TPSA) is 55.1 Å². The highest BCUT2D eigenvalue weighted by Crippen LogP contribution is 2.38. The molecule has 2 atom stereocenters. The predicted octanol–water partition coefficient (Wildman–Crippen LogP) is 3.97. The predicted molar refractivity (Wildman–Crippen MR) is 75.4 cm³/mol. The molecular weight excluding hydrogens is 305 g/mol. The van der Waals surface area contributed by atoms with Crippen LogP contribution in [0.25, 0.3) is 0 Å². The monoisotopic (exact) mass is 320 g/mol. The van der Waals surface area contributed by atoms with Crippen LogP contribution >= 0.6 is 11.6 Å². The van der Waals surface area contributed by atoms with E-state index in [2.05, 4.69) is 5.32 Å². The second-order valence-electron chi connectivity index (χ2n) is 5.31. The van der Waals surface area contributed by atoms with Crippen molar-refractivity contribution >= 4 is 23.2 Å². The number of primary amides is 1. The molecule has 0 radical (unpaired) electrons. The summed E-state index contributed by atoms with van der Waals surface area (Å²) in [6.45, 7) is 0. The summed E-state index contributed by atoms with van der Waals surface area (Å²) < 4.78 is 38.3. The van der Waals surface area contributed by atoms with Gasteiger partial charge >= 0.3 is 6.18 Å². The maximum Gasteiger partial charge on any atom is 0.391 e. The van der Waals surface area contributed by atoms with Crippen LogP contribution in [-0.4, -0.2) is 18.1 Å². The van der Waals surface area contributed by atoms with Crippen molar-refractivity contribution in [3.05, 3.63) is 28.8 Å². The van der Waals surface area contributed by atoms with Gasteiger partial charge in [-0.25, -0.2) is 0 Å². The lowest BCUT2D eigenvalue weighted by atomic mass is 9.85. The number of halogens is 4. The van der Waals surface area contributed by atoms with E-state index in [-0.39, 0.29) is 29.5 Å². The van der Waals surface area contributed by atoms with Gasteiger partial charge in [0.05, 0.1) is 16.5 Å². The average Bonchev–Trinajstić information content (AvgIpc) is 2.40. The molecule has 1 fully saturated rings. The maximum absolute atomic E-state index is 12.8. The Labute approximate surface area is 125 Å². The number of carbonyl (C=O) groups is 1. The normalized spacial score (nSPS) is 22.9. The SMILES string of the molecule is NC(=O)c1cc(NC2CCCC(C(F)(F)F)C2)ccc1Cl. The first-order valence-corrected chi connectivity index (χ1v) is 7.08. The molecule has 1 amide bonds. The summed E-state index contributed by atoms with van der Waals surface area (Å²) in [5.41, 5.74) is 5.91. The Morgan fingerprint density at radius 1 is 1.33 bits per heavy atom. The van der Waals surface area contributed by atoms with Crippen molar-refractivity contribution in [2.75, 3.05) is 5.32 Å². The molecule has 0 saturated heterocycles. The second kappa shape index (κ2) is 6.13. The molecule has 0 bridgehead atoms. The second-order valence-corrected chi connectivity index (χ2v) is 5.71. The lowest BCUT2D eigenvalue weighted by molar-refractivity contribution is -0.182. The van der Waals surface area contributed by atoms with Crippen LogP contribution in [-0.2, 0) is 0 Å². The van der Waals surface area contributed by atoms with E-state index in [1.807, 2.05) is 0 Å². The number of hydrogen-bond donors (Lipinski definition) is 2. The first kappa shape index (κ1) is 15.9. The molecule has 116 valence electrons. The third kappa shape index (κ3) is 4.03. The van der Waals surface area contributed by atoms with Crippen LogP contribution in [0.15, 0.2) is 18.2 Å². The Morgan fingerprint density at radius 2 is 2.05 bits per heavy atom. The van der Waals surface area contributed by atoms with E-state index in [4.69, 9.17) is 17.3 Å². The van der Waals surface area contributed by atoms with Gasteiger partial charge in [-0.1, -0.05) is 18.0 Å². The lowest BCUT2D eigenvalue weighted by Gasteiger charge is -2.31. The molecule has 1 aromatic carbocycles. The van der Waals surface area contributed by atoms with Crippen LogP contribution in [0, 0.1) is 5.92 Å². The van der Waals surface area contributed by atoms with Crippen LogP contribution in [0.1, 0.15) is 36.0 Å². The van der Waals surface area contributed by atoms with E-state index < -0.39 is 18.0 Å². The lowest BCUT2D eigenvalue weighted by Crippen LogP contribution is -2.34. The van der Waals surface area contributed by atoms with Gasteiger partial charge in [0.15, 0.2) is 0 Å². The van der Waals surface area contributed by atoms with E-state index in [0.29, 0.717) is 18.5 Å². The molecule has 21 heavy (non-hydrogen) atoms. The molecule has 1 aliphatic carbocycles. The molecule has 0 aromatic heterocycles. The van der Waals surface area contributed by atoms with E-state index in [9.17, 15) is 18.0 Å². The minimum Gasteiger partial charge on any atom is -0.382 e. The summed E-state index contributed by atoms with van der Waals surface area (Å²) in [7, 11) is 0. The Bertz CT molecular complexity index is 533. The van der Waals surface area contributed by atoms with E-state index in [0.717, 1.165) is 0 Å². The Morgan fingerprint density at radius 3 is 2.67 bits per heavy atom. The van der Waals surface area contributed by atoms with E-state index >= 15 is 0 Å². The van der Waals surface area contributed by atoms with Crippen LogP contribution in [0.5, 0.6) is 0 Å². The fourth-order valence-electron chi connectivity index (χ4n) is 2.66. The third-order valence-corrected chi connectivity index (χ3v) is 4.07. The van der Waals surface area contributed by atoms with Crippen molar-refractivity contribution in [3.63, 3.8) is 0 Å². The van der Waals surface area contributed by atoms with Gasteiger partial charge in [0.2, 0.25) is 5.91 Å². The molecule has 1 aliphatic rings. The molecule has 1 aromatic rings. The fourth-order valence-corrected chi connectivity index (χ4v) is 2.87. The highest BCUT2D eigenvalue weighted by Gasteiger charge is 2.42. The van der Waals surface area contributed by atoms with Crippen molar-refractivity contribution in [1.82, 2.24) is 0 Å². The zero-order valence-corrected chi connectivity index (χ0v) is 12.0. The molecule has 0 spiro atoms. The fraction of sp³-hybridized carbons (Fsp3) is 0.500. The molecule has 2 unspecified atom stereocenters. The zero-order valence-electron chi connectivity index (χ0n) is 11.2. The van der Waals surface area contributed by atoms with Gasteiger partial charge in [-0.2, -0.15) is 13.2 Å². The summed E-state index contributed by atoms with van der Waals surface area (Å²) in [5, 5.41) is 3.27.